The standard InChI is InChI=1S/C15H20N4OS/c1-2-3-9-14-18-19-15(21-14)17-13(20)10-12(16)11-7-5-4-6-8-11/h4-8,12H,2-3,9-10,16H2,1H3,(H,17,19,20). The molecular formula is C15H20N4OS. The van der Waals surface area contributed by atoms with Crippen molar-refractivity contribution in [1.82, 2.24) is 10.2 Å². The fraction of sp³-hybridized carbons (Fsp3) is 0.400. The van der Waals surface area contributed by atoms with Crippen LogP contribution in [-0.4, -0.2) is 16.1 Å². The molecule has 6 heteroatoms. The highest BCUT2D eigenvalue weighted by Crippen LogP contribution is 2.19. The molecule has 0 aliphatic rings. The molecule has 0 saturated heterocycles. The number of carbonyl (C=O) groups is 1. The number of nitrogens with zero attached hydrogens (tertiary/aromatic N) is 2. The monoisotopic (exact) mass is 304 g/mol. The van der Waals surface area contributed by atoms with Crippen LogP contribution < -0.4 is 11.1 Å². The summed E-state index contributed by atoms with van der Waals surface area (Å²) in [4.78, 5) is 12.0. The first-order chi connectivity index (χ1) is 10.2. The third kappa shape index (κ3) is 4.91. The van der Waals surface area contributed by atoms with E-state index in [9.17, 15) is 4.79 Å². The van der Waals surface area contributed by atoms with Crippen LogP contribution in [0.25, 0.3) is 0 Å². The molecule has 0 radical (unpaired) electrons. The predicted molar refractivity (Wildman–Crippen MR) is 85.1 cm³/mol. The lowest BCUT2D eigenvalue weighted by Gasteiger charge is -2.10. The largest absolute Gasteiger partial charge is 0.324 e. The van der Waals surface area contributed by atoms with Gasteiger partial charge in [-0.05, 0) is 12.0 Å². The zero-order valence-electron chi connectivity index (χ0n) is 12.1. The smallest absolute Gasteiger partial charge is 0.228 e. The second kappa shape index (κ2) is 7.85. The van der Waals surface area contributed by atoms with Gasteiger partial charge in [0.25, 0.3) is 0 Å². The number of nitrogens with one attached hydrogen (secondary N) is 1. The number of rotatable bonds is 7. The van der Waals surface area contributed by atoms with Gasteiger partial charge in [0.1, 0.15) is 5.01 Å². The summed E-state index contributed by atoms with van der Waals surface area (Å²) in [6.45, 7) is 2.13. The third-order valence-electron chi connectivity index (χ3n) is 3.09. The molecule has 1 aromatic carbocycles. The van der Waals surface area contributed by atoms with Gasteiger partial charge in [0.15, 0.2) is 0 Å². The molecule has 1 atom stereocenters. The summed E-state index contributed by atoms with van der Waals surface area (Å²) in [6.07, 6.45) is 3.34. The second-order valence-corrected chi connectivity index (χ2v) is 5.94. The van der Waals surface area contributed by atoms with Crippen molar-refractivity contribution in [2.24, 2.45) is 5.73 Å². The first kappa shape index (κ1) is 15.6. The van der Waals surface area contributed by atoms with Crippen LogP contribution in [0.1, 0.15) is 42.8 Å². The molecule has 0 spiro atoms. The van der Waals surface area contributed by atoms with Crippen molar-refractivity contribution >= 4 is 22.4 Å². The van der Waals surface area contributed by atoms with E-state index in [0.29, 0.717) is 5.13 Å². The Morgan fingerprint density at radius 3 is 2.81 bits per heavy atom. The van der Waals surface area contributed by atoms with E-state index in [2.05, 4.69) is 22.4 Å². The molecule has 1 amide bonds. The lowest BCUT2D eigenvalue weighted by atomic mass is 10.0. The third-order valence-corrected chi connectivity index (χ3v) is 3.99. The number of hydrogen-bond acceptors (Lipinski definition) is 5. The zero-order valence-corrected chi connectivity index (χ0v) is 12.9. The van der Waals surface area contributed by atoms with Crippen molar-refractivity contribution < 1.29 is 4.79 Å². The van der Waals surface area contributed by atoms with Crippen LogP contribution in [0.5, 0.6) is 0 Å². The lowest BCUT2D eigenvalue weighted by molar-refractivity contribution is -0.116. The molecule has 2 aromatic rings. The first-order valence-electron chi connectivity index (χ1n) is 7.11. The van der Waals surface area contributed by atoms with Gasteiger partial charge in [-0.25, -0.2) is 0 Å². The van der Waals surface area contributed by atoms with E-state index in [-0.39, 0.29) is 18.4 Å². The Kier molecular flexibility index (Phi) is 5.83. The van der Waals surface area contributed by atoms with Gasteiger partial charge in [-0.1, -0.05) is 55.0 Å². The van der Waals surface area contributed by atoms with E-state index in [4.69, 9.17) is 5.73 Å². The highest BCUT2D eigenvalue weighted by molar-refractivity contribution is 7.15. The molecule has 1 aromatic heterocycles. The number of aromatic nitrogens is 2. The first-order valence-corrected chi connectivity index (χ1v) is 7.93. The van der Waals surface area contributed by atoms with Gasteiger partial charge in [0.05, 0.1) is 0 Å². The van der Waals surface area contributed by atoms with Crippen molar-refractivity contribution in [2.75, 3.05) is 5.32 Å². The summed E-state index contributed by atoms with van der Waals surface area (Å²) in [5.74, 6) is -0.135. The minimum absolute atomic E-state index is 0.135. The number of aryl methyl sites for hydroxylation is 1. The highest BCUT2D eigenvalue weighted by Gasteiger charge is 2.13. The Bertz CT molecular complexity index is 570. The van der Waals surface area contributed by atoms with Crippen molar-refractivity contribution in [3.05, 3.63) is 40.9 Å². The van der Waals surface area contributed by atoms with Gasteiger partial charge in [-0.15, -0.1) is 10.2 Å². The fourth-order valence-electron chi connectivity index (χ4n) is 1.92. The molecule has 0 aliphatic heterocycles. The molecule has 2 rings (SSSR count). The van der Waals surface area contributed by atoms with Crippen LogP contribution in [-0.2, 0) is 11.2 Å². The van der Waals surface area contributed by atoms with Crippen molar-refractivity contribution in [1.29, 1.82) is 0 Å². The summed E-state index contributed by atoms with van der Waals surface area (Å²) in [7, 11) is 0. The predicted octanol–water partition coefficient (Wildman–Crippen LogP) is 2.91. The minimum Gasteiger partial charge on any atom is -0.324 e. The second-order valence-electron chi connectivity index (χ2n) is 4.87. The van der Waals surface area contributed by atoms with Crippen LogP contribution in [0.3, 0.4) is 0 Å². The average Bonchev–Trinajstić information content (AvgIpc) is 2.93. The van der Waals surface area contributed by atoms with E-state index >= 15 is 0 Å². The van der Waals surface area contributed by atoms with Gasteiger partial charge in [0.2, 0.25) is 11.0 Å². The molecule has 3 N–H and O–H groups in total. The van der Waals surface area contributed by atoms with E-state index in [0.717, 1.165) is 29.8 Å². The number of benzene rings is 1. The van der Waals surface area contributed by atoms with Crippen LogP contribution in [0.4, 0.5) is 5.13 Å². The molecule has 0 fully saturated rings. The van der Waals surface area contributed by atoms with E-state index < -0.39 is 0 Å². The molecule has 112 valence electrons. The maximum absolute atomic E-state index is 12.0. The molecule has 1 heterocycles. The molecule has 0 saturated carbocycles. The Labute approximate surface area is 128 Å². The van der Waals surface area contributed by atoms with Crippen molar-refractivity contribution in [2.45, 2.75) is 38.6 Å². The number of hydrogen-bond donors (Lipinski definition) is 2. The summed E-state index contributed by atoms with van der Waals surface area (Å²) in [5.41, 5.74) is 6.98. The Morgan fingerprint density at radius 2 is 2.10 bits per heavy atom. The van der Waals surface area contributed by atoms with Gasteiger partial charge in [-0.2, -0.15) is 0 Å². The zero-order chi connectivity index (χ0) is 15.1. The van der Waals surface area contributed by atoms with Gasteiger partial charge in [0, 0.05) is 18.9 Å². The number of unbranched alkanes of at least 4 members (excludes halogenated alkanes) is 1. The van der Waals surface area contributed by atoms with Crippen molar-refractivity contribution in [3.8, 4) is 0 Å². The molecule has 0 bridgehead atoms. The van der Waals surface area contributed by atoms with Crippen LogP contribution >= 0.6 is 11.3 Å². The number of amides is 1. The highest BCUT2D eigenvalue weighted by atomic mass is 32.1. The van der Waals surface area contributed by atoms with Gasteiger partial charge < -0.3 is 11.1 Å². The molecule has 5 nitrogen and oxygen atoms in total. The van der Waals surface area contributed by atoms with Gasteiger partial charge >= 0.3 is 0 Å². The molecular weight excluding hydrogens is 284 g/mol. The maximum Gasteiger partial charge on any atom is 0.228 e. The number of anilines is 1. The van der Waals surface area contributed by atoms with Crippen LogP contribution in [0, 0.1) is 0 Å². The average molecular weight is 304 g/mol. The van der Waals surface area contributed by atoms with Crippen molar-refractivity contribution in [3.63, 3.8) is 0 Å². The number of carbonyl (C=O) groups excluding carboxylic acids is 1. The lowest BCUT2D eigenvalue weighted by Crippen LogP contribution is -2.20. The van der Waals surface area contributed by atoms with E-state index in [1.807, 2.05) is 30.3 Å². The van der Waals surface area contributed by atoms with E-state index in [1.54, 1.807) is 0 Å². The quantitative estimate of drug-likeness (QED) is 0.824. The SMILES string of the molecule is CCCCc1nnc(NC(=O)CC(N)c2ccccc2)s1. The Hall–Kier alpha value is -1.79. The minimum atomic E-state index is -0.307. The molecule has 0 aliphatic carbocycles. The summed E-state index contributed by atoms with van der Waals surface area (Å²) >= 11 is 1.43. The van der Waals surface area contributed by atoms with Gasteiger partial charge in [-0.3, -0.25) is 4.79 Å². The van der Waals surface area contributed by atoms with E-state index in [1.165, 1.54) is 11.3 Å². The molecule has 21 heavy (non-hydrogen) atoms. The summed E-state index contributed by atoms with van der Waals surface area (Å²) in [6, 6.07) is 9.29. The summed E-state index contributed by atoms with van der Waals surface area (Å²) in [5, 5.41) is 12.3. The normalized spacial score (nSPS) is 12.1. The molecule has 1 unspecified atom stereocenters. The van der Waals surface area contributed by atoms with Crippen LogP contribution in [0.15, 0.2) is 30.3 Å². The van der Waals surface area contributed by atoms with Crippen LogP contribution in [0.2, 0.25) is 0 Å². The summed E-state index contributed by atoms with van der Waals surface area (Å²) < 4.78 is 0. The Morgan fingerprint density at radius 1 is 1.33 bits per heavy atom. The number of nitrogens with two attached hydrogens (primary N) is 1. The maximum atomic E-state index is 12.0. The fourth-order valence-corrected chi connectivity index (χ4v) is 2.72. The topological polar surface area (TPSA) is 80.9 Å². The Balaban J connectivity index is 1.85.